The van der Waals surface area contributed by atoms with Gasteiger partial charge in [-0.05, 0) is 30.3 Å². The molecule has 0 spiro atoms. The molecule has 2 amide bonds. The molecule has 0 bridgehead atoms. The SMILES string of the molecule is COc1ccc(NC2=C(c3ccccc3OC)C(=O)N(Cc3ccco3)C2=O)cc1OC. The maximum absolute atomic E-state index is 13.4. The molecule has 4 rings (SSSR count). The summed E-state index contributed by atoms with van der Waals surface area (Å²) in [5.41, 5.74) is 1.43. The van der Waals surface area contributed by atoms with Gasteiger partial charge in [-0.2, -0.15) is 0 Å². The molecule has 32 heavy (non-hydrogen) atoms. The van der Waals surface area contributed by atoms with Crippen LogP contribution >= 0.6 is 0 Å². The molecule has 1 N–H and O–H groups in total. The van der Waals surface area contributed by atoms with E-state index in [9.17, 15) is 9.59 Å². The van der Waals surface area contributed by atoms with Crippen LogP contribution in [-0.4, -0.2) is 38.0 Å². The Labute approximate surface area is 185 Å². The Hall–Kier alpha value is -4.20. The largest absolute Gasteiger partial charge is 0.496 e. The molecule has 1 aromatic heterocycles. The predicted octanol–water partition coefficient (Wildman–Crippen LogP) is 3.70. The number of furan rings is 1. The fourth-order valence-corrected chi connectivity index (χ4v) is 3.55. The number of nitrogens with zero attached hydrogens (tertiary/aromatic N) is 1. The lowest BCUT2D eigenvalue weighted by molar-refractivity contribution is -0.137. The first kappa shape index (κ1) is 21.0. The maximum atomic E-state index is 13.4. The summed E-state index contributed by atoms with van der Waals surface area (Å²) in [6, 6.07) is 15.6. The molecule has 0 unspecified atom stereocenters. The molecule has 0 saturated carbocycles. The van der Waals surface area contributed by atoms with Gasteiger partial charge in [0.25, 0.3) is 11.8 Å². The van der Waals surface area contributed by atoms with Crippen LogP contribution in [0, 0.1) is 0 Å². The second kappa shape index (κ2) is 8.89. The number of rotatable bonds is 8. The van der Waals surface area contributed by atoms with Crippen LogP contribution in [0.1, 0.15) is 11.3 Å². The third kappa shape index (κ3) is 3.78. The number of hydrogen-bond acceptors (Lipinski definition) is 7. The minimum absolute atomic E-state index is 0.0143. The molecular weight excluding hydrogens is 412 g/mol. The summed E-state index contributed by atoms with van der Waals surface area (Å²) in [6.07, 6.45) is 1.50. The first-order valence-electron chi connectivity index (χ1n) is 9.82. The summed E-state index contributed by atoms with van der Waals surface area (Å²) in [6.45, 7) is 0.0143. The van der Waals surface area contributed by atoms with E-state index in [4.69, 9.17) is 18.6 Å². The van der Waals surface area contributed by atoms with Gasteiger partial charge in [-0.3, -0.25) is 14.5 Å². The van der Waals surface area contributed by atoms with Crippen molar-refractivity contribution in [2.75, 3.05) is 26.6 Å². The zero-order chi connectivity index (χ0) is 22.7. The van der Waals surface area contributed by atoms with E-state index in [1.165, 1.54) is 20.5 Å². The number of hydrogen-bond donors (Lipinski definition) is 1. The number of amides is 2. The van der Waals surface area contributed by atoms with Gasteiger partial charge in [0.1, 0.15) is 17.2 Å². The number of carbonyl (C=O) groups excluding carboxylic acids is 2. The Morgan fingerprint density at radius 1 is 0.844 bits per heavy atom. The molecule has 8 heteroatoms. The highest BCUT2D eigenvalue weighted by atomic mass is 16.5. The Morgan fingerprint density at radius 3 is 2.28 bits per heavy atom. The average Bonchev–Trinajstić information content (AvgIpc) is 3.42. The van der Waals surface area contributed by atoms with Crippen LogP contribution < -0.4 is 19.5 Å². The second-order valence-corrected chi connectivity index (χ2v) is 6.92. The highest BCUT2D eigenvalue weighted by Gasteiger charge is 2.40. The Kier molecular flexibility index (Phi) is 5.85. The number of imide groups is 1. The zero-order valence-corrected chi connectivity index (χ0v) is 17.9. The monoisotopic (exact) mass is 434 g/mol. The van der Waals surface area contributed by atoms with E-state index in [2.05, 4.69) is 5.32 Å². The van der Waals surface area contributed by atoms with Gasteiger partial charge in [0.05, 0.1) is 39.7 Å². The van der Waals surface area contributed by atoms with Gasteiger partial charge in [-0.15, -0.1) is 0 Å². The quantitative estimate of drug-likeness (QED) is 0.541. The lowest BCUT2D eigenvalue weighted by Crippen LogP contribution is -2.31. The second-order valence-electron chi connectivity index (χ2n) is 6.92. The van der Waals surface area contributed by atoms with Crippen LogP contribution in [0.5, 0.6) is 17.2 Å². The average molecular weight is 434 g/mol. The molecule has 0 saturated heterocycles. The molecule has 0 atom stereocenters. The third-order valence-electron chi connectivity index (χ3n) is 5.09. The lowest BCUT2D eigenvalue weighted by atomic mass is 10.0. The minimum Gasteiger partial charge on any atom is -0.496 e. The van der Waals surface area contributed by atoms with Crippen LogP contribution in [0.15, 0.2) is 71.0 Å². The summed E-state index contributed by atoms with van der Waals surface area (Å²) in [5.74, 6) is 1.10. The van der Waals surface area contributed by atoms with Crippen molar-refractivity contribution < 1.29 is 28.2 Å². The van der Waals surface area contributed by atoms with Crippen LogP contribution in [0.25, 0.3) is 5.57 Å². The van der Waals surface area contributed by atoms with E-state index >= 15 is 0 Å². The number of para-hydroxylation sites is 1. The molecular formula is C24H22N2O6. The van der Waals surface area contributed by atoms with E-state index in [0.29, 0.717) is 34.3 Å². The predicted molar refractivity (Wildman–Crippen MR) is 117 cm³/mol. The van der Waals surface area contributed by atoms with Gasteiger partial charge in [0.15, 0.2) is 11.5 Å². The van der Waals surface area contributed by atoms with Crippen LogP contribution in [0.2, 0.25) is 0 Å². The molecule has 3 aromatic rings. The smallest absolute Gasteiger partial charge is 0.278 e. The van der Waals surface area contributed by atoms with Crippen molar-refractivity contribution >= 4 is 23.1 Å². The van der Waals surface area contributed by atoms with Crippen molar-refractivity contribution in [1.82, 2.24) is 4.90 Å². The van der Waals surface area contributed by atoms with Crippen molar-refractivity contribution in [3.05, 3.63) is 77.9 Å². The fourth-order valence-electron chi connectivity index (χ4n) is 3.55. The van der Waals surface area contributed by atoms with Gasteiger partial charge < -0.3 is 23.9 Å². The van der Waals surface area contributed by atoms with Crippen molar-refractivity contribution in [1.29, 1.82) is 0 Å². The summed E-state index contributed by atoms with van der Waals surface area (Å²) in [4.78, 5) is 27.9. The number of anilines is 1. The molecule has 0 radical (unpaired) electrons. The van der Waals surface area contributed by atoms with E-state index in [0.717, 1.165) is 4.90 Å². The molecule has 164 valence electrons. The fraction of sp³-hybridized carbons (Fsp3) is 0.167. The van der Waals surface area contributed by atoms with E-state index in [1.54, 1.807) is 61.7 Å². The van der Waals surface area contributed by atoms with Crippen LogP contribution in [0.4, 0.5) is 5.69 Å². The van der Waals surface area contributed by atoms with Crippen molar-refractivity contribution in [3.63, 3.8) is 0 Å². The minimum atomic E-state index is -0.470. The molecule has 2 heterocycles. The summed E-state index contributed by atoms with van der Waals surface area (Å²) < 4.78 is 21.4. The first-order valence-corrected chi connectivity index (χ1v) is 9.82. The number of ether oxygens (including phenoxy) is 3. The number of nitrogens with one attached hydrogen (secondary N) is 1. The number of carbonyl (C=O) groups is 2. The molecule has 1 aliphatic heterocycles. The molecule has 0 aliphatic carbocycles. The highest BCUT2D eigenvalue weighted by molar-refractivity contribution is 6.36. The third-order valence-corrected chi connectivity index (χ3v) is 5.09. The topological polar surface area (TPSA) is 90.2 Å². The lowest BCUT2D eigenvalue weighted by Gasteiger charge is -2.14. The van der Waals surface area contributed by atoms with E-state index < -0.39 is 11.8 Å². The normalized spacial score (nSPS) is 13.5. The summed E-state index contributed by atoms with van der Waals surface area (Å²) >= 11 is 0. The van der Waals surface area contributed by atoms with Gasteiger partial charge in [-0.25, -0.2) is 0 Å². The summed E-state index contributed by atoms with van der Waals surface area (Å²) in [5, 5.41) is 3.10. The molecule has 8 nitrogen and oxygen atoms in total. The molecule has 0 fully saturated rings. The number of methoxy groups -OCH3 is 3. The Morgan fingerprint density at radius 2 is 1.59 bits per heavy atom. The van der Waals surface area contributed by atoms with Gasteiger partial charge in [0.2, 0.25) is 0 Å². The van der Waals surface area contributed by atoms with Gasteiger partial charge in [-0.1, -0.05) is 18.2 Å². The van der Waals surface area contributed by atoms with Gasteiger partial charge in [0, 0.05) is 17.3 Å². The van der Waals surface area contributed by atoms with Crippen molar-refractivity contribution in [2.45, 2.75) is 6.54 Å². The maximum Gasteiger partial charge on any atom is 0.278 e. The van der Waals surface area contributed by atoms with Crippen molar-refractivity contribution in [2.24, 2.45) is 0 Å². The Balaban J connectivity index is 1.79. The highest BCUT2D eigenvalue weighted by Crippen LogP contribution is 2.37. The molecule has 1 aliphatic rings. The van der Waals surface area contributed by atoms with Crippen LogP contribution in [0.3, 0.4) is 0 Å². The van der Waals surface area contributed by atoms with E-state index in [-0.39, 0.29) is 17.8 Å². The number of benzene rings is 2. The zero-order valence-electron chi connectivity index (χ0n) is 17.9. The summed E-state index contributed by atoms with van der Waals surface area (Å²) in [7, 11) is 4.58. The first-order chi connectivity index (χ1) is 15.6. The van der Waals surface area contributed by atoms with Gasteiger partial charge >= 0.3 is 0 Å². The molecule has 2 aromatic carbocycles. The van der Waals surface area contributed by atoms with Crippen molar-refractivity contribution in [3.8, 4) is 17.2 Å². The Bertz CT molecular complexity index is 1180. The van der Waals surface area contributed by atoms with Crippen LogP contribution in [-0.2, 0) is 16.1 Å². The standard InChI is InChI=1S/C24H22N2O6/c1-29-18-9-5-4-8-17(18)21-22(25-15-10-11-19(30-2)20(13-15)31-3)24(28)26(23(21)27)14-16-7-6-12-32-16/h4-13,25H,14H2,1-3H3. The van der Waals surface area contributed by atoms with E-state index in [1.807, 2.05) is 0 Å².